The second-order valence-electron chi connectivity index (χ2n) is 5.10. The van der Waals surface area contributed by atoms with Gasteiger partial charge in [-0.25, -0.2) is 9.07 Å². The number of halogens is 1. The Morgan fingerprint density at radius 3 is 2.61 bits per heavy atom. The van der Waals surface area contributed by atoms with Crippen LogP contribution in [0.5, 0.6) is 5.75 Å². The zero-order chi connectivity index (χ0) is 16.2. The zero-order valence-corrected chi connectivity index (χ0v) is 12.7. The summed E-state index contributed by atoms with van der Waals surface area (Å²) in [6, 6.07) is 14.0. The smallest absolute Gasteiger partial charge is 0.123 e. The molecule has 118 valence electrons. The van der Waals surface area contributed by atoms with Gasteiger partial charge in [-0.2, -0.15) is 0 Å². The van der Waals surface area contributed by atoms with Crippen LogP contribution in [0.15, 0.2) is 48.5 Å². The van der Waals surface area contributed by atoms with Crippen LogP contribution in [0.3, 0.4) is 0 Å². The van der Waals surface area contributed by atoms with Gasteiger partial charge < -0.3 is 10.5 Å². The summed E-state index contributed by atoms with van der Waals surface area (Å²) >= 11 is 0. The first-order valence-corrected chi connectivity index (χ1v) is 7.22. The predicted octanol–water partition coefficient (Wildman–Crippen LogP) is 2.60. The topological polar surface area (TPSA) is 66.0 Å². The second-order valence-corrected chi connectivity index (χ2v) is 5.10. The van der Waals surface area contributed by atoms with Gasteiger partial charge in [0.2, 0.25) is 0 Å². The van der Waals surface area contributed by atoms with E-state index < -0.39 is 0 Å². The fourth-order valence-electron chi connectivity index (χ4n) is 2.47. The summed E-state index contributed by atoms with van der Waals surface area (Å²) in [5.74, 6) is 0.500. The molecule has 0 saturated carbocycles. The molecule has 0 fully saturated rings. The monoisotopic (exact) mass is 312 g/mol. The molecule has 0 spiro atoms. The minimum atomic E-state index is -0.271. The van der Waals surface area contributed by atoms with Crippen LogP contribution in [0.25, 0.3) is 11.3 Å². The standard InChI is InChI=1S/C17H17FN4O/c1-23-15-7-5-13(6-8-15)17-16(10-19)20-21-22(17)11-12-3-2-4-14(18)9-12/h2-9H,10-11,19H2,1H3. The Morgan fingerprint density at radius 2 is 1.96 bits per heavy atom. The Balaban J connectivity index is 1.99. The van der Waals surface area contributed by atoms with E-state index in [4.69, 9.17) is 10.5 Å². The van der Waals surface area contributed by atoms with E-state index in [1.165, 1.54) is 12.1 Å². The van der Waals surface area contributed by atoms with E-state index >= 15 is 0 Å². The van der Waals surface area contributed by atoms with Crippen LogP contribution in [0.1, 0.15) is 11.3 Å². The highest BCUT2D eigenvalue weighted by molar-refractivity contribution is 5.63. The molecule has 6 heteroatoms. The first kappa shape index (κ1) is 15.2. The van der Waals surface area contributed by atoms with Crippen molar-refractivity contribution in [2.24, 2.45) is 5.73 Å². The van der Waals surface area contributed by atoms with E-state index in [9.17, 15) is 4.39 Å². The molecule has 0 amide bonds. The second kappa shape index (κ2) is 6.58. The van der Waals surface area contributed by atoms with Crippen LogP contribution in [-0.2, 0) is 13.1 Å². The molecule has 2 aromatic carbocycles. The summed E-state index contributed by atoms with van der Waals surface area (Å²) in [4.78, 5) is 0. The zero-order valence-electron chi connectivity index (χ0n) is 12.7. The Bertz CT molecular complexity index is 799. The molecule has 3 aromatic rings. The van der Waals surface area contributed by atoms with Crippen LogP contribution in [0, 0.1) is 5.82 Å². The van der Waals surface area contributed by atoms with Gasteiger partial charge in [-0.1, -0.05) is 17.3 Å². The van der Waals surface area contributed by atoms with Crippen molar-refractivity contribution in [3.8, 4) is 17.0 Å². The van der Waals surface area contributed by atoms with Crippen molar-refractivity contribution in [3.63, 3.8) is 0 Å². The lowest BCUT2D eigenvalue weighted by molar-refractivity contribution is 0.415. The molecule has 0 radical (unpaired) electrons. The van der Waals surface area contributed by atoms with E-state index in [2.05, 4.69) is 10.3 Å². The molecule has 0 bridgehead atoms. The van der Waals surface area contributed by atoms with Gasteiger partial charge in [-0.05, 0) is 42.0 Å². The maximum Gasteiger partial charge on any atom is 0.123 e. The summed E-state index contributed by atoms with van der Waals surface area (Å²) in [7, 11) is 1.62. The van der Waals surface area contributed by atoms with Gasteiger partial charge in [0.05, 0.1) is 19.3 Å². The van der Waals surface area contributed by atoms with E-state index in [0.29, 0.717) is 12.2 Å². The minimum Gasteiger partial charge on any atom is -0.497 e. The molecular formula is C17H17FN4O. The maximum absolute atomic E-state index is 13.4. The number of hydrogen-bond donors (Lipinski definition) is 1. The number of benzene rings is 2. The van der Waals surface area contributed by atoms with Gasteiger partial charge in [-0.15, -0.1) is 5.10 Å². The molecule has 0 aliphatic heterocycles. The SMILES string of the molecule is COc1ccc(-c2c(CN)nnn2Cc2cccc(F)c2)cc1. The maximum atomic E-state index is 13.4. The third-order valence-corrected chi connectivity index (χ3v) is 3.58. The minimum absolute atomic E-state index is 0.271. The molecule has 2 N–H and O–H groups in total. The highest BCUT2D eigenvalue weighted by Crippen LogP contribution is 2.25. The molecule has 0 aliphatic rings. The highest BCUT2D eigenvalue weighted by Gasteiger charge is 2.14. The quantitative estimate of drug-likeness (QED) is 0.786. The van der Waals surface area contributed by atoms with Crippen molar-refractivity contribution in [2.45, 2.75) is 13.1 Å². The summed E-state index contributed by atoms with van der Waals surface area (Å²) in [6.07, 6.45) is 0. The van der Waals surface area contributed by atoms with Crippen LogP contribution in [-0.4, -0.2) is 22.1 Å². The van der Waals surface area contributed by atoms with Gasteiger partial charge in [0.25, 0.3) is 0 Å². The van der Waals surface area contributed by atoms with E-state index in [1.807, 2.05) is 30.3 Å². The van der Waals surface area contributed by atoms with E-state index in [0.717, 1.165) is 22.6 Å². The summed E-state index contributed by atoms with van der Waals surface area (Å²) in [6.45, 7) is 0.705. The number of methoxy groups -OCH3 is 1. The van der Waals surface area contributed by atoms with Crippen molar-refractivity contribution in [2.75, 3.05) is 7.11 Å². The van der Waals surface area contributed by atoms with Crippen LogP contribution >= 0.6 is 0 Å². The number of rotatable bonds is 5. The van der Waals surface area contributed by atoms with Gasteiger partial charge in [0.15, 0.2) is 0 Å². The lowest BCUT2D eigenvalue weighted by atomic mass is 10.1. The fourth-order valence-corrected chi connectivity index (χ4v) is 2.47. The third kappa shape index (κ3) is 3.22. The largest absolute Gasteiger partial charge is 0.497 e. The molecular weight excluding hydrogens is 295 g/mol. The van der Waals surface area contributed by atoms with Crippen LogP contribution < -0.4 is 10.5 Å². The Labute approximate surface area is 133 Å². The molecule has 0 unspecified atom stereocenters. The first-order valence-electron chi connectivity index (χ1n) is 7.22. The molecule has 0 saturated heterocycles. The number of ether oxygens (including phenoxy) is 1. The van der Waals surface area contributed by atoms with Crippen LogP contribution in [0.2, 0.25) is 0 Å². The van der Waals surface area contributed by atoms with Crippen molar-refractivity contribution in [1.29, 1.82) is 0 Å². The summed E-state index contributed by atoms with van der Waals surface area (Å²) in [5, 5.41) is 8.30. The summed E-state index contributed by atoms with van der Waals surface area (Å²) < 4.78 is 20.3. The number of aromatic nitrogens is 3. The van der Waals surface area contributed by atoms with Gasteiger partial charge in [0, 0.05) is 12.1 Å². The highest BCUT2D eigenvalue weighted by atomic mass is 19.1. The molecule has 3 rings (SSSR count). The van der Waals surface area contributed by atoms with E-state index in [1.54, 1.807) is 17.9 Å². The Kier molecular flexibility index (Phi) is 4.34. The van der Waals surface area contributed by atoms with Crippen molar-refractivity contribution >= 4 is 0 Å². The van der Waals surface area contributed by atoms with Crippen molar-refractivity contribution < 1.29 is 9.13 Å². The van der Waals surface area contributed by atoms with E-state index in [-0.39, 0.29) is 12.4 Å². The Morgan fingerprint density at radius 1 is 1.17 bits per heavy atom. The molecule has 5 nitrogen and oxygen atoms in total. The van der Waals surface area contributed by atoms with Gasteiger partial charge >= 0.3 is 0 Å². The van der Waals surface area contributed by atoms with Gasteiger partial charge in [-0.3, -0.25) is 0 Å². The summed E-state index contributed by atoms with van der Waals surface area (Å²) in [5.41, 5.74) is 9.06. The predicted molar refractivity (Wildman–Crippen MR) is 85.4 cm³/mol. The molecule has 23 heavy (non-hydrogen) atoms. The molecule has 0 aliphatic carbocycles. The Hall–Kier alpha value is -2.73. The van der Waals surface area contributed by atoms with Gasteiger partial charge in [0.1, 0.15) is 17.3 Å². The normalized spacial score (nSPS) is 10.7. The average molecular weight is 312 g/mol. The van der Waals surface area contributed by atoms with Crippen LogP contribution in [0.4, 0.5) is 4.39 Å². The first-order chi connectivity index (χ1) is 11.2. The fraction of sp³-hybridized carbons (Fsp3) is 0.176. The van der Waals surface area contributed by atoms with Crippen molar-refractivity contribution in [3.05, 3.63) is 65.6 Å². The van der Waals surface area contributed by atoms with Crippen molar-refractivity contribution in [1.82, 2.24) is 15.0 Å². The molecule has 1 aromatic heterocycles. The molecule has 1 heterocycles. The average Bonchev–Trinajstić information content (AvgIpc) is 2.97. The number of nitrogens with two attached hydrogens (primary N) is 1. The lowest BCUT2D eigenvalue weighted by Gasteiger charge is -2.09. The number of nitrogens with zero attached hydrogens (tertiary/aromatic N) is 3. The number of hydrogen-bond acceptors (Lipinski definition) is 4. The third-order valence-electron chi connectivity index (χ3n) is 3.58. The molecule has 0 atom stereocenters. The lowest BCUT2D eigenvalue weighted by Crippen LogP contribution is -2.06.